The van der Waals surface area contributed by atoms with Gasteiger partial charge in [0.25, 0.3) is 0 Å². The van der Waals surface area contributed by atoms with Gasteiger partial charge in [-0.1, -0.05) is 24.6 Å². The number of benzene rings is 1. The van der Waals surface area contributed by atoms with Gasteiger partial charge in [0, 0.05) is 17.0 Å². The van der Waals surface area contributed by atoms with Gasteiger partial charge in [-0.05, 0) is 31.0 Å². The summed E-state index contributed by atoms with van der Waals surface area (Å²) in [6, 6.07) is 6.70. The molecule has 0 radical (unpaired) electrons. The lowest BCUT2D eigenvalue weighted by Crippen LogP contribution is -2.19. The number of hydrogen-bond acceptors (Lipinski definition) is 2. The molecule has 82 valence electrons. The smallest absolute Gasteiger partial charge is 0.0637 e. The highest BCUT2D eigenvalue weighted by molar-refractivity contribution is 8.00. The standard InChI is InChI=1S/C12H16ClNS/c1-8-3-4-11(13)12(5-8)14-10-6-9(2)15-7-10/h3-5,9-10,14H,6-7H2,1-2H3. The highest BCUT2D eigenvalue weighted by Crippen LogP contribution is 2.30. The minimum atomic E-state index is 0.573. The Morgan fingerprint density at radius 1 is 1.47 bits per heavy atom. The number of anilines is 1. The average molecular weight is 242 g/mol. The monoisotopic (exact) mass is 241 g/mol. The van der Waals surface area contributed by atoms with Gasteiger partial charge in [0.1, 0.15) is 0 Å². The molecule has 0 aromatic heterocycles. The molecular formula is C12H16ClNS. The molecule has 1 aliphatic rings. The van der Waals surface area contributed by atoms with Crippen molar-refractivity contribution in [3.8, 4) is 0 Å². The predicted molar refractivity (Wildman–Crippen MR) is 70.1 cm³/mol. The Hall–Kier alpha value is -0.340. The van der Waals surface area contributed by atoms with E-state index in [-0.39, 0.29) is 0 Å². The molecule has 1 saturated heterocycles. The van der Waals surface area contributed by atoms with E-state index in [1.54, 1.807) is 0 Å². The molecule has 0 aliphatic carbocycles. The summed E-state index contributed by atoms with van der Waals surface area (Å²) >= 11 is 8.17. The zero-order valence-electron chi connectivity index (χ0n) is 9.09. The number of rotatable bonds is 2. The Morgan fingerprint density at radius 2 is 2.27 bits per heavy atom. The van der Waals surface area contributed by atoms with Crippen molar-refractivity contribution in [1.82, 2.24) is 0 Å². The van der Waals surface area contributed by atoms with Gasteiger partial charge in [0.2, 0.25) is 0 Å². The number of thioether (sulfide) groups is 1. The summed E-state index contributed by atoms with van der Waals surface area (Å²) in [6.45, 7) is 4.37. The topological polar surface area (TPSA) is 12.0 Å². The Labute approximate surface area is 101 Å². The van der Waals surface area contributed by atoms with Gasteiger partial charge in [-0.15, -0.1) is 0 Å². The van der Waals surface area contributed by atoms with Crippen molar-refractivity contribution in [3.63, 3.8) is 0 Å². The summed E-state index contributed by atoms with van der Waals surface area (Å²) in [7, 11) is 0. The second-order valence-corrected chi connectivity index (χ2v) is 6.08. The van der Waals surface area contributed by atoms with E-state index in [0.717, 1.165) is 16.0 Å². The molecule has 1 heterocycles. The Morgan fingerprint density at radius 3 is 2.93 bits per heavy atom. The van der Waals surface area contributed by atoms with Crippen LogP contribution in [-0.4, -0.2) is 17.0 Å². The SMILES string of the molecule is Cc1ccc(Cl)c(NC2CSC(C)C2)c1. The van der Waals surface area contributed by atoms with Gasteiger partial charge in [-0.3, -0.25) is 0 Å². The molecule has 1 aromatic rings. The lowest BCUT2D eigenvalue weighted by atomic mass is 10.1. The quantitative estimate of drug-likeness (QED) is 0.842. The third-order valence-electron chi connectivity index (χ3n) is 2.68. The number of halogens is 1. The van der Waals surface area contributed by atoms with Gasteiger partial charge in [-0.25, -0.2) is 0 Å². The first-order valence-electron chi connectivity index (χ1n) is 5.29. The summed E-state index contributed by atoms with van der Waals surface area (Å²) < 4.78 is 0. The van der Waals surface area contributed by atoms with Gasteiger partial charge in [-0.2, -0.15) is 11.8 Å². The van der Waals surface area contributed by atoms with Crippen molar-refractivity contribution >= 4 is 29.1 Å². The van der Waals surface area contributed by atoms with Gasteiger partial charge in [0.15, 0.2) is 0 Å². The minimum absolute atomic E-state index is 0.573. The lowest BCUT2D eigenvalue weighted by molar-refractivity contribution is 0.747. The van der Waals surface area contributed by atoms with E-state index in [1.165, 1.54) is 17.7 Å². The fraction of sp³-hybridized carbons (Fsp3) is 0.500. The first kappa shape index (κ1) is 11.2. The zero-order valence-corrected chi connectivity index (χ0v) is 10.7. The van der Waals surface area contributed by atoms with Crippen molar-refractivity contribution in [3.05, 3.63) is 28.8 Å². The maximum atomic E-state index is 6.14. The van der Waals surface area contributed by atoms with Crippen LogP contribution in [0.5, 0.6) is 0 Å². The first-order valence-corrected chi connectivity index (χ1v) is 6.72. The van der Waals surface area contributed by atoms with E-state index in [2.05, 4.69) is 25.2 Å². The molecule has 0 spiro atoms. The molecule has 15 heavy (non-hydrogen) atoms. The van der Waals surface area contributed by atoms with E-state index >= 15 is 0 Å². The fourth-order valence-corrected chi connectivity index (χ4v) is 3.21. The maximum Gasteiger partial charge on any atom is 0.0637 e. The van der Waals surface area contributed by atoms with Crippen LogP contribution in [0.2, 0.25) is 5.02 Å². The Bertz CT molecular complexity index is 353. The molecule has 2 rings (SSSR count). The van der Waals surface area contributed by atoms with Crippen molar-refractivity contribution in [2.24, 2.45) is 0 Å². The largest absolute Gasteiger partial charge is 0.380 e. The predicted octanol–water partition coefficient (Wildman–Crippen LogP) is 3.95. The second-order valence-electron chi connectivity index (χ2n) is 4.20. The normalized spacial score (nSPS) is 25.5. The number of nitrogens with one attached hydrogen (secondary N) is 1. The summed E-state index contributed by atoms with van der Waals surface area (Å²) in [5, 5.41) is 5.12. The van der Waals surface area contributed by atoms with Crippen LogP contribution in [0.3, 0.4) is 0 Å². The van der Waals surface area contributed by atoms with Crippen LogP contribution >= 0.6 is 23.4 Å². The summed E-state index contributed by atoms with van der Waals surface area (Å²) in [5.41, 5.74) is 2.33. The highest BCUT2D eigenvalue weighted by Gasteiger charge is 2.21. The van der Waals surface area contributed by atoms with Gasteiger partial charge in [0.05, 0.1) is 10.7 Å². The fourth-order valence-electron chi connectivity index (χ4n) is 1.89. The van der Waals surface area contributed by atoms with Crippen LogP contribution in [0.1, 0.15) is 18.9 Å². The van der Waals surface area contributed by atoms with Crippen LogP contribution in [0, 0.1) is 6.92 Å². The summed E-state index contributed by atoms with van der Waals surface area (Å²) in [4.78, 5) is 0. The van der Waals surface area contributed by atoms with E-state index in [9.17, 15) is 0 Å². The third-order valence-corrected chi connectivity index (χ3v) is 4.37. The molecule has 1 nitrogen and oxygen atoms in total. The van der Waals surface area contributed by atoms with E-state index < -0.39 is 0 Å². The minimum Gasteiger partial charge on any atom is -0.380 e. The Kier molecular flexibility index (Phi) is 3.47. The molecule has 3 heteroatoms. The van der Waals surface area contributed by atoms with Crippen molar-refractivity contribution in [2.75, 3.05) is 11.1 Å². The molecule has 0 saturated carbocycles. The van der Waals surface area contributed by atoms with Crippen LogP contribution in [-0.2, 0) is 0 Å². The molecule has 1 fully saturated rings. The molecule has 1 aromatic carbocycles. The van der Waals surface area contributed by atoms with Crippen LogP contribution in [0.25, 0.3) is 0 Å². The molecule has 1 aliphatic heterocycles. The molecule has 2 atom stereocenters. The first-order chi connectivity index (χ1) is 7.15. The van der Waals surface area contributed by atoms with Crippen molar-refractivity contribution in [1.29, 1.82) is 0 Å². The zero-order chi connectivity index (χ0) is 10.8. The van der Waals surface area contributed by atoms with Crippen molar-refractivity contribution in [2.45, 2.75) is 31.6 Å². The van der Waals surface area contributed by atoms with Crippen LogP contribution in [0.15, 0.2) is 18.2 Å². The number of hydrogen-bond donors (Lipinski definition) is 1. The molecular weight excluding hydrogens is 226 g/mol. The van der Waals surface area contributed by atoms with E-state index in [4.69, 9.17) is 11.6 Å². The molecule has 1 N–H and O–H groups in total. The molecule has 0 amide bonds. The summed E-state index contributed by atoms with van der Waals surface area (Å²) in [6.07, 6.45) is 1.23. The highest BCUT2D eigenvalue weighted by atomic mass is 35.5. The summed E-state index contributed by atoms with van der Waals surface area (Å²) in [5.74, 6) is 1.19. The van der Waals surface area contributed by atoms with Crippen molar-refractivity contribution < 1.29 is 0 Å². The average Bonchev–Trinajstić information content (AvgIpc) is 2.58. The molecule has 2 unspecified atom stereocenters. The Balaban J connectivity index is 2.07. The third kappa shape index (κ3) is 2.82. The van der Waals surface area contributed by atoms with Crippen LogP contribution in [0.4, 0.5) is 5.69 Å². The maximum absolute atomic E-state index is 6.14. The molecule has 0 bridgehead atoms. The van der Waals surface area contributed by atoms with Gasteiger partial charge < -0.3 is 5.32 Å². The lowest BCUT2D eigenvalue weighted by Gasteiger charge is -2.15. The van der Waals surface area contributed by atoms with E-state index in [0.29, 0.717) is 6.04 Å². The van der Waals surface area contributed by atoms with Gasteiger partial charge >= 0.3 is 0 Å². The van der Waals surface area contributed by atoms with E-state index in [1.807, 2.05) is 23.9 Å². The second kappa shape index (κ2) is 4.67. The van der Waals surface area contributed by atoms with Crippen LogP contribution < -0.4 is 5.32 Å². The number of aryl methyl sites for hydroxylation is 1.